The van der Waals surface area contributed by atoms with E-state index in [1.165, 1.54) is 19.2 Å². The fourth-order valence-corrected chi connectivity index (χ4v) is 6.24. The lowest BCUT2D eigenvalue weighted by Crippen LogP contribution is -2.58. The van der Waals surface area contributed by atoms with Gasteiger partial charge in [0.25, 0.3) is 5.89 Å². The second-order valence-corrected chi connectivity index (χ2v) is 14.4. The molecule has 3 aromatic carbocycles. The summed E-state index contributed by atoms with van der Waals surface area (Å²) in [5.41, 5.74) is 2.10. The number of nitrogens with zero attached hydrogens (tertiary/aromatic N) is 2. The highest BCUT2D eigenvalue weighted by atomic mass is 35.5. The molecule has 3 N–H and O–H groups in total. The van der Waals surface area contributed by atoms with Gasteiger partial charge in [0.05, 0.1) is 30.8 Å². The molecule has 0 aliphatic carbocycles. The van der Waals surface area contributed by atoms with Crippen molar-refractivity contribution in [3.63, 3.8) is 0 Å². The molecular weight excluding hydrogens is 698 g/mol. The van der Waals surface area contributed by atoms with Crippen molar-refractivity contribution < 1.29 is 36.7 Å². The van der Waals surface area contributed by atoms with Crippen LogP contribution in [0, 0.1) is 12.8 Å². The van der Waals surface area contributed by atoms with E-state index >= 15 is 0 Å². The first-order valence-corrected chi connectivity index (χ1v) is 18.2. The van der Waals surface area contributed by atoms with E-state index in [1.807, 2.05) is 26.8 Å². The van der Waals surface area contributed by atoms with Crippen molar-refractivity contribution in [3.05, 3.63) is 101 Å². The van der Waals surface area contributed by atoms with E-state index in [-0.39, 0.29) is 42.2 Å². The minimum atomic E-state index is -4.20. The quantitative estimate of drug-likeness (QED) is 0.116. The van der Waals surface area contributed by atoms with Gasteiger partial charge in [-0.25, -0.2) is 8.42 Å². The van der Waals surface area contributed by atoms with Crippen LogP contribution in [0.2, 0.25) is 5.02 Å². The molecule has 0 fully saturated rings. The maximum atomic E-state index is 13.7. The summed E-state index contributed by atoms with van der Waals surface area (Å²) in [6.45, 7) is 5.05. The van der Waals surface area contributed by atoms with E-state index in [4.69, 9.17) is 25.5 Å². The Kier molecular flexibility index (Phi) is 14.4. The summed E-state index contributed by atoms with van der Waals surface area (Å²) in [4.78, 5) is 40.9. The number of nitrogens with one attached hydrogen (secondary N) is 3. The van der Waals surface area contributed by atoms with Gasteiger partial charge in [0.15, 0.2) is 0 Å². The van der Waals surface area contributed by atoms with E-state index < -0.39 is 52.4 Å². The number of ketones is 1. The highest BCUT2D eigenvalue weighted by molar-refractivity contribution is 7.89. The summed E-state index contributed by atoms with van der Waals surface area (Å²) in [6.07, 6.45) is 0.817. The van der Waals surface area contributed by atoms with Gasteiger partial charge in [0.2, 0.25) is 33.5 Å². The lowest BCUT2D eigenvalue weighted by Gasteiger charge is -2.25. The number of halogens is 1. The number of carbonyl (C=O) groups is 3. The van der Waals surface area contributed by atoms with Crippen LogP contribution in [0.25, 0.3) is 11.5 Å². The molecule has 0 spiro atoms. The van der Waals surface area contributed by atoms with Crippen LogP contribution in [0.1, 0.15) is 48.5 Å². The molecule has 3 atom stereocenters. The first-order valence-electron chi connectivity index (χ1n) is 16.3. The third-order valence-electron chi connectivity index (χ3n) is 7.73. The fourth-order valence-electron chi connectivity index (χ4n) is 4.87. The third-order valence-corrected chi connectivity index (χ3v) is 9.59. The Labute approximate surface area is 302 Å². The summed E-state index contributed by atoms with van der Waals surface area (Å²) in [6, 6.07) is 18.1. The molecule has 272 valence electrons. The Balaban J connectivity index is 1.52. The monoisotopic (exact) mass is 739 g/mol. The van der Waals surface area contributed by atoms with Crippen LogP contribution in [-0.2, 0) is 35.7 Å². The normalized spacial score (nSPS) is 13.4. The second kappa shape index (κ2) is 18.7. The molecule has 0 aliphatic heterocycles. The highest BCUT2D eigenvalue weighted by Gasteiger charge is 2.33. The van der Waals surface area contributed by atoms with Gasteiger partial charge in [0, 0.05) is 17.7 Å². The lowest BCUT2D eigenvalue weighted by atomic mass is 10.00. The first-order chi connectivity index (χ1) is 24.4. The molecule has 4 aromatic rings. The molecule has 0 bridgehead atoms. The Bertz CT molecular complexity index is 1870. The molecule has 0 saturated heterocycles. The summed E-state index contributed by atoms with van der Waals surface area (Å²) in [5, 5.41) is 13.6. The molecular formula is C36H42ClN5O8S. The molecule has 3 unspecified atom stereocenters. The number of amides is 2. The van der Waals surface area contributed by atoms with E-state index in [0.29, 0.717) is 22.6 Å². The van der Waals surface area contributed by atoms with Crippen molar-refractivity contribution in [2.75, 3.05) is 20.3 Å². The fraction of sp³-hybridized carbons (Fsp3) is 0.361. The number of carbonyl (C=O) groups excluding carboxylic acids is 3. The van der Waals surface area contributed by atoms with Crippen LogP contribution < -0.4 is 15.4 Å². The van der Waals surface area contributed by atoms with Crippen molar-refractivity contribution in [3.8, 4) is 11.5 Å². The molecule has 4 rings (SSSR count). The predicted octanol–water partition coefficient (Wildman–Crippen LogP) is 4.50. The lowest BCUT2D eigenvalue weighted by molar-refractivity contribution is -0.132. The number of ether oxygens (including phenoxy) is 2. The zero-order chi connectivity index (χ0) is 37.0. The molecule has 0 radical (unpaired) electrons. The number of aryl methyl sites for hydroxylation is 1. The van der Waals surface area contributed by atoms with Crippen LogP contribution >= 0.6 is 11.6 Å². The zero-order valence-corrected chi connectivity index (χ0v) is 30.4. The van der Waals surface area contributed by atoms with Crippen molar-refractivity contribution in [1.82, 2.24) is 25.6 Å². The van der Waals surface area contributed by atoms with Gasteiger partial charge in [-0.15, -0.1) is 10.2 Å². The largest absolute Gasteiger partial charge is 0.414 e. The number of hydrogen-bond acceptors (Lipinski definition) is 10. The summed E-state index contributed by atoms with van der Waals surface area (Å²) in [7, 11) is -2.87. The van der Waals surface area contributed by atoms with Crippen molar-refractivity contribution in [1.29, 1.82) is 0 Å². The van der Waals surface area contributed by atoms with Crippen molar-refractivity contribution in [2.24, 2.45) is 5.92 Å². The Hall–Kier alpha value is -4.47. The average molecular weight is 740 g/mol. The van der Waals surface area contributed by atoms with Crippen LogP contribution in [0.5, 0.6) is 0 Å². The topological polar surface area (TPSA) is 179 Å². The van der Waals surface area contributed by atoms with E-state index in [1.54, 1.807) is 60.7 Å². The van der Waals surface area contributed by atoms with Crippen LogP contribution in [0.3, 0.4) is 0 Å². The second-order valence-electron chi connectivity index (χ2n) is 12.3. The zero-order valence-electron chi connectivity index (χ0n) is 28.8. The highest BCUT2D eigenvalue weighted by Crippen LogP contribution is 2.20. The minimum Gasteiger partial charge on any atom is -0.414 e. The van der Waals surface area contributed by atoms with Gasteiger partial charge in [-0.1, -0.05) is 79.5 Å². The van der Waals surface area contributed by atoms with Crippen molar-refractivity contribution in [2.45, 2.75) is 63.2 Å². The van der Waals surface area contributed by atoms with Gasteiger partial charge >= 0.3 is 0 Å². The molecule has 1 heterocycles. The van der Waals surface area contributed by atoms with Gasteiger partial charge in [-0.2, -0.15) is 4.72 Å². The molecule has 15 heteroatoms. The predicted molar refractivity (Wildman–Crippen MR) is 190 cm³/mol. The minimum absolute atomic E-state index is 0.0149. The Morgan fingerprint density at radius 2 is 1.47 bits per heavy atom. The third kappa shape index (κ3) is 11.5. The molecule has 1 aromatic heterocycles. The maximum Gasteiger partial charge on any atom is 0.286 e. The van der Waals surface area contributed by atoms with Gasteiger partial charge < -0.3 is 24.5 Å². The van der Waals surface area contributed by atoms with Gasteiger partial charge in [-0.05, 0) is 61.6 Å². The number of methoxy groups -OCH3 is 1. The molecule has 0 saturated carbocycles. The summed E-state index contributed by atoms with van der Waals surface area (Å²) in [5.74, 6) is -2.14. The number of rotatable bonds is 19. The van der Waals surface area contributed by atoms with Gasteiger partial charge in [0.1, 0.15) is 12.1 Å². The summed E-state index contributed by atoms with van der Waals surface area (Å²) >= 11 is 6.25. The molecule has 13 nitrogen and oxygen atoms in total. The number of Topliss-reactive ketones (excluding diaryl/α,β-unsaturated/α-hetero) is 1. The standard InChI is InChI=1S/C36H42ClN5O8S/c1-23(2)14-19-29(32(43)36-41-40-35(50-36)25-10-6-5-7-11-25)38-33(44)30(21-48-4)39-34(45)31(22-49-20-26-12-8-9-13-28(26)37)42-51(46,47)27-17-15-24(3)16-18-27/h5-13,15-18,23,29-31,42H,14,19-22H2,1-4H3,(H,38,44)(H,39,45). The molecule has 2 amide bonds. The Morgan fingerprint density at radius 3 is 2.14 bits per heavy atom. The molecule has 51 heavy (non-hydrogen) atoms. The number of benzene rings is 3. The number of hydrogen-bond donors (Lipinski definition) is 3. The van der Waals surface area contributed by atoms with Gasteiger partial charge in [-0.3, -0.25) is 14.4 Å². The molecule has 0 aliphatic rings. The maximum absolute atomic E-state index is 13.7. The van der Waals surface area contributed by atoms with E-state index in [9.17, 15) is 22.8 Å². The summed E-state index contributed by atoms with van der Waals surface area (Å²) < 4.78 is 45.7. The number of sulfonamides is 1. The average Bonchev–Trinajstić information content (AvgIpc) is 3.61. The smallest absolute Gasteiger partial charge is 0.286 e. The first kappa shape index (κ1) is 39.3. The van der Waals surface area contributed by atoms with Crippen molar-refractivity contribution >= 4 is 39.2 Å². The van der Waals surface area contributed by atoms with Crippen LogP contribution in [0.15, 0.2) is 88.2 Å². The van der Waals surface area contributed by atoms with Crippen LogP contribution in [0.4, 0.5) is 0 Å². The SMILES string of the molecule is COCC(NC(=O)C(COCc1ccccc1Cl)NS(=O)(=O)c1ccc(C)cc1)C(=O)NC(CCC(C)C)C(=O)c1nnc(-c2ccccc2)o1. The number of aromatic nitrogens is 2. The Morgan fingerprint density at radius 1 is 0.824 bits per heavy atom. The van der Waals surface area contributed by atoms with E-state index in [2.05, 4.69) is 25.6 Å². The van der Waals surface area contributed by atoms with E-state index in [0.717, 1.165) is 5.56 Å². The van der Waals surface area contributed by atoms with Crippen LogP contribution in [-0.4, -0.2) is 74.7 Å².